The van der Waals surface area contributed by atoms with E-state index < -0.39 is 5.25 Å². The van der Waals surface area contributed by atoms with E-state index in [2.05, 4.69) is 15.5 Å². The summed E-state index contributed by atoms with van der Waals surface area (Å²) in [5, 5.41) is 12.6. The van der Waals surface area contributed by atoms with Crippen LogP contribution >= 0.6 is 23.4 Å². The van der Waals surface area contributed by atoms with Gasteiger partial charge in [0.2, 0.25) is 11.1 Å². The number of imide groups is 1. The average Bonchev–Trinajstić information content (AvgIpc) is 3.13. The first-order chi connectivity index (χ1) is 14.5. The molecule has 2 aromatic carbocycles. The molecule has 4 rings (SSSR count). The first-order valence-corrected chi connectivity index (χ1v) is 10.9. The first kappa shape index (κ1) is 20.6. The highest BCUT2D eigenvalue weighted by atomic mass is 35.5. The summed E-state index contributed by atoms with van der Waals surface area (Å²) in [5.41, 5.74) is 2.41. The maximum absolute atomic E-state index is 13.2. The van der Waals surface area contributed by atoms with Crippen LogP contribution < -0.4 is 0 Å². The minimum absolute atomic E-state index is 0.212. The molecule has 1 saturated heterocycles. The van der Waals surface area contributed by atoms with Crippen LogP contribution in [0, 0.1) is 6.92 Å². The lowest BCUT2D eigenvalue weighted by molar-refractivity contribution is -0.127. The molecule has 0 radical (unpaired) electrons. The van der Waals surface area contributed by atoms with Crippen LogP contribution in [0.15, 0.2) is 53.7 Å². The number of aryl methyl sites for hydroxylation is 1. The van der Waals surface area contributed by atoms with Gasteiger partial charge in [0, 0.05) is 17.1 Å². The van der Waals surface area contributed by atoms with Gasteiger partial charge < -0.3 is 0 Å². The summed E-state index contributed by atoms with van der Waals surface area (Å²) in [6, 6.07) is 14.4. The molecule has 3 aromatic rings. The minimum Gasteiger partial charge on any atom is -0.278 e. The van der Waals surface area contributed by atoms with E-state index in [-0.39, 0.29) is 11.8 Å². The summed E-state index contributed by atoms with van der Waals surface area (Å²) >= 11 is 7.22. The molecular weight excluding hydrogens is 422 g/mol. The van der Waals surface area contributed by atoms with Gasteiger partial charge in [0.15, 0.2) is 0 Å². The molecular formula is C21H20ClN5O2S. The molecule has 30 heavy (non-hydrogen) atoms. The number of hydrogen-bond donors (Lipinski definition) is 0. The van der Waals surface area contributed by atoms with Crippen molar-refractivity contribution in [1.29, 1.82) is 0 Å². The van der Waals surface area contributed by atoms with Crippen LogP contribution in [-0.2, 0) is 4.79 Å². The van der Waals surface area contributed by atoms with E-state index in [4.69, 9.17) is 11.6 Å². The first-order valence-electron chi connectivity index (χ1n) is 9.66. The Hall–Kier alpha value is -2.71. The molecule has 1 aromatic heterocycles. The van der Waals surface area contributed by atoms with E-state index in [0.29, 0.717) is 28.7 Å². The van der Waals surface area contributed by atoms with Gasteiger partial charge in [-0.1, -0.05) is 47.5 Å². The molecule has 9 heteroatoms. The summed E-state index contributed by atoms with van der Waals surface area (Å²) in [4.78, 5) is 27.5. The van der Waals surface area contributed by atoms with Crippen molar-refractivity contribution in [2.24, 2.45) is 0 Å². The number of halogens is 1. The number of rotatable bonds is 4. The number of likely N-dealkylation sites (tertiary alicyclic amines) is 1. The third-order valence-electron chi connectivity index (χ3n) is 4.94. The summed E-state index contributed by atoms with van der Waals surface area (Å²) < 4.78 is 1.62. The fraction of sp³-hybridized carbons (Fsp3) is 0.286. The van der Waals surface area contributed by atoms with E-state index >= 15 is 0 Å². The average molecular weight is 442 g/mol. The van der Waals surface area contributed by atoms with Gasteiger partial charge in [-0.2, -0.15) is 4.68 Å². The number of carbonyl (C=O) groups is 2. The van der Waals surface area contributed by atoms with Crippen molar-refractivity contribution >= 4 is 35.2 Å². The van der Waals surface area contributed by atoms with Crippen LogP contribution in [0.1, 0.15) is 35.2 Å². The molecule has 0 aliphatic carbocycles. The number of tetrazole rings is 1. The monoisotopic (exact) mass is 441 g/mol. The quantitative estimate of drug-likeness (QED) is 0.570. The summed E-state index contributed by atoms with van der Waals surface area (Å²) in [6.45, 7) is 2.41. The second-order valence-electron chi connectivity index (χ2n) is 7.11. The molecule has 0 spiro atoms. The van der Waals surface area contributed by atoms with Crippen LogP contribution in [0.25, 0.3) is 5.69 Å². The Kier molecular flexibility index (Phi) is 6.15. The van der Waals surface area contributed by atoms with Gasteiger partial charge in [0.05, 0.1) is 10.9 Å². The fourth-order valence-electron chi connectivity index (χ4n) is 3.29. The molecule has 7 nitrogen and oxygen atoms in total. The van der Waals surface area contributed by atoms with Crippen molar-refractivity contribution in [3.05, 3.63) is 64.7 Å². The topological polar surface area (TPSA) is 81.0 Å². The molecule has 154 valence electrons. The van der Waals surface area contributed by atoms with Crippen molar-refractivity contribution in [3.8, 4) is 5.69 Å². The number of aromatic nitrogens is 4. The second-order valence-corrected chi connectivity index (χ2v) is 8.72. The highest BCUT2D eigenvalue weighted by Crippen LogP contribution is 2.30. The predicted octanol–water partition coefficient (Wildman–Crippen LogP) is 3.94. The zero-order valence-electron chi connectivity index (χ0n) is 16.4. The molecule has 2 amide bonds. The lowest BCUT2D eigenvalue weighted by atomic mass is 10.2. The van der Waals surface area contributed by atoms with Crippen molar-refractivity contribution in [2.45, 2.75) is 36.6 Å². The van der Waals surface area contributed by atoms with E-state index in [0.717, 1.165) is 24.1 Å². The van der Waals surface area contributed by atoms with E-state index in [1.54, 1.807) is 28.9 Å². The summed E-state index contributed by atoms with van der Waals surface area (Å²) in [6.07, 6.45) is 2.28. The molecule has 0 N–H and O–H groups in total. The normalized spacial score (nSPS) is 17.1. The highest BCUT2D eigenvalue weighted by Gasteiger charge is 2.33. The van der Waals surface area contributed by atoms with Crippen LogP contribution in [0.2, 0.25) is 5.02 Å². The smallest absolute Gasteiger partial charge is 0.260 e. The van der Waals surface area contributed by atoms with Gasteiger partial charge in [0.1, 0.15) is 0 Å². The molecule has 0 saturated carbocycles. The number of nitrogens with zero attached hydrogens (tertiary/aromatic N) is 5. The SMILES string of the molecule is Cc1ccc(-n2nnnc2SC2CCCCN(C(=O)c3ccc(Cl)cc3)C2=O)cc1. The molecule has 1 aliphatic heterocycles. The Balaban J connectivity index is 1.55. The summed E-state index contributed by atoms with van der Waals surface area (Å²) in [7, 11) is 0. The molecule has 2 heterocycles. The molecule has 1 fully saturated rings. The van der Waals surface area contributed by atoms with E-state index in [1.165, 1.54) is 16.7 Å². The predicted molar refractivity (Wildman–Crippen MR) is 115 cm³/mol. The van der Waals surface area contributed by atoms with Gasteiger partial charge in [-0.3, -0.25) is 14.5 Å². The van der Waals surface area contributed by atoms with Crippen LogP contribution in [0.3, 0.4) is 0 Å². The van der Waals surface area contributed by atoms with Gasteiger partial charge in [-0.15, -0.1) is 5.10 Å². The Bertz CT molecular complexity index is 1050. The van der Waals surface area contributed by atoms with E-state index in [9.17, 15) is 9.59 Å². The highest BCUT2D eigenvalue weighted by molar-refractivity contribution is 8.00. The number of thioether (sulfide) groups is 1. The number of hydrogen-bond acceptors (Lipinski definition) is 6. The second kappa shape index (κ2) is 8.97. The zero-order valence-corrected chi connectivity index (χ0v) is 17.9. The number of benzene rings is 2. The third-order valence-corrected chi connectivity index (χ3v) is 6.38. The Morgan fingerprint density at radius 2 is 1.83 bits per heavy atom. The maximum Gasteiger partial charge on any atom is 0.260 e. The molecule has 1 unspecified atom stereocenters. The Morgan fingerprint density at radius 1 is 1.10 bits per heavy atom. The largest absolute Gasteiger partial charge is 0.278 e. The molecule has 1 atom stereocenters. The van der Waals surface area contributed by atoms with Gasteiger partial charge in [-0.25, -0.2) is 0 Å². The van der Waals surface area contributed by atoms with Gasteiger partial charge in [0.25, 0.3) is 5.91 Å². The van der Waals surface area contributed by atoms with Gasteiger partial charge >= 0.3 is 0 Å². The summed E-state index contributed by atoms with van der Waals surface area (Å²) in [5.74, 6) is -0.516. The number of carbonyl (C=O) groups excluding carboxylic acids is 2. The lowest BCUT2D eigenvalue weighted by Crippen LogP contribution is -2.41. The third kappa shape index (κ3) is 4.39. The molecule has 1 aliphatic rings. The maximum atomic E-state index is 13.2. The van der Waals surface area contributed by atoms with Crippen molar-refractivity contribution in [1.82, 2.24) is 25.1 Å². The lowest BCUT2D eigenvalue weighted by Gasteiger charge is -2.22. The van der Waals surface area contributed by atoms with Crippen LogP contribution in [0.4, 0.5) is 0 Å². The van der Waals surface area contributed by atoms with Crippen LogP contribution in [0.5, 0.6) is 0 Å². The van der Waals surface area contributed by atoms with Crippen molar-refractivity contribution < 1.29 is 9.59 Å². The fourth-order valence-corrected chi connectivity index (χ4v) is 4.51. The standard InChI is InChI=1S/C21H20ClN5O2S/c1-14-5-11-17(12-6-14)27-21(23-24-25-27)30-18-4-2-3-13-26(20(18)29)19(28)15-7-9-16(22)10-8-15/h5-12,18H,2-4,13H2,1H3. The Morgan fingerprint density at radius 3 is 2.57 bits per heavy atom. The zero-order chi connectivity index (χ0) is 21.1. The van der Waals surface area contributed by atoms with Crippen molar-refractivity contribution in [3.63, 3.8) is 0 Å². The van der Waals surface area contributed by atoms with Crippen molar-refractivity contribution in [2.75, 3.05) is 6.54 Å². The van der Waals surface area contributed by atoms with E-state index in [1.807, 2.05) is 31.2 Å². The Labute approximate surface area is 183 Å². The van der Waals surface area contributed by atoms with Crippen LogP contribution in [-0.4, -0.2) is 48.7 Å². The number of amides is 2. The minimum atomic E-state index is -0.432. The molecule has 0 bridgehead atoms. The van der Waals surface area contributed by atoms with Gasteiger partial charge in [-0.05, 0) is 66.6 Å².